The van der Waals surface area contributed by atoms with Gasteiger partial charge in [-0.3, -0.25) is 0 Å². The molecule has 1 heteroatoms. The molecule has 0 radical (unpaired) electrons. The van der Waals surface area contributed by atoms with Crippen molar-refractivity contribution in [2.75, 3.05) is 0 Å². The molecule has 0 bridgehead atoms. The van der Waals surface area contributed by atoms with Crippen LogP contribution in [0.25, 0.3) is 0 Å². The van der Waals surface area contributed by atoms with Crippen LogP contribution in [0.4, 0.5) is 0 Å². The van der Waals surface area contributed by atoms with Gasteiger partial charge in [-0.25, -0.2) is 0 Å². The maximum Gasteiger partial charge on any atom is 0.0597 e. The zero-order valence-corrected chi connectivity index (χ0v) is 18.1. The van der Waals surface area contributed by atoms with Gasteiger partial charge in [0.2, 0.25) is 0 Å². The molecular weight excluding hydrogens is 314 g/mol. The summed E-state index contributed by atoms with van der Waals surface area (Å²) in [5.74, 6) is 2.67. The van der Waals surface area contributed by atoms with E-state index in [1.54, 1.807) is 0 Å². The molecule has 1 N–H and O–H groups in total. The first-order valence-electron chi connectivity index (χ1n) is 11.0. The van der Waals surface area contributed by atoms with Crippen molar-refractivity contribution in [1.29, 1.82) is 5.41 Å². The SMILES string of the molecule is C=C(C(=N)C1=CCC=CCCC1)C(C)C(C)CCC(CC)CCC(C)C. The maximum absolute atomic E-state index is 8.66. The van der Waals surface area contributed by atoms with E-state index in [-0.39, 0.29) is 0 Å². The second kappa shape index (κ2) is 12.3. The smallest absolute Gasteiger partial charge is 0.0597 e. The lowest BCUT2D eigenvalue weighted by Gasteiger charge is -2.26. The van der Waals surface area contributed by atoms with Crippen LogP contribution in [0.3, 0.4) is 0 Å². The van der Waals surface area contributed by atoms with Gasteiger partial charge in [0.1, 0.15) is 0 Å². The van der Waals surface area contributed by atoms with Crippen LogP contribution in [0, 0.1) is 29.1 Å². The van der Waals surface area contributed by atoms with E-state index in [4.69, 9.17) is 5.41 Å². The Hall–Kier alpha value is -1.11. The van der Waals surface area contributed by atoms with Crippen molar-refractivity contribution in [1.82, 2.24) is 0 Å². The van der Waals surface area contributed by atoms with E-state index in [2.05, 4.69) is 59.4 Å². The van der Waals surface area contributed by atoms with Crippen LogP contribution in [-0.4, -0.2) is 5.71 Å². The van der Waals surface area contributed by atoms with Crippen molar-refractivity contribution in [2.24, 2.45) is 23.7 Å². The number of rotatable bonds is 11. The van der Waals surface area contributed by atoms with E-state index in [0.717, 1.165) is 43.1 Å². The summed E-state index contributed by atoms with van der Waals surface area (Å²) in [5.41, 5.74) is 2.97. The van der Waals surface area contributed by atoms with E-state index < -0.39 is 0 Å². The van der Waals surface area contributed by atoms with Crippen LogP contribution in [-0.2, 0) is 0 Å². The molecule has 0 fully saturated rings. The molecule has 0 amide bonds. The number of hydrogen-bond acceptors (Lipinski definition) is 1. The van der Waals surface area contributed by atoms with Crippen molar-refractivity contribution in [3.63, 3.8) is 0 Å². The standard InChI is InChI=1S/C25H43N/c1-7-23(17-15-19(2)3)18-16-20(4)21(5)22(6)25(26)24-13-11-9-8-10-12-14-24/h8-9,13,19-21,23,26H,6-7,10-12,14-18H2,1-5H3. The van der Waals surface area contributed by atoms with Gasteiger partial charge in [0, 0.05) is 0 Å². The first kappa shape index (κ1) is 22.9. The quantitative estimate of drug-likeness (QED) is 0.285. The van der Waals surface area contributed by atoms with E-state index in [1.165, 1.54) is 37.7 Å². The highest BCUT2D eigenvalue weighted by Crippen LogP contribution is 2.30. The van der Waals surface area contributed by atoms with Gasteiger partial charge in [0.25, 0.3) is 0 Å². The van der Waals surface area contributed by atoms with Gasteiger partial charge < -0.3 is 5.41 Å². The molecule has 1 aliphatic carbocycles. The fourth-order valence-corrected chi connectivity index (χ4v) is 3.81. The van der Waals surface area contributed by atoms with Crippen LogP contribution in [0.15, 0.2) is 36.0 Å². The van der Waals surface area contributed by atoms with Crippen LogP contribution in [0.5, 0.6) is 0 Å². The van der Waals surface area contributed by atoms with E-state index in [0.29, 0.717) is 17.5 Å². The highest BCUT2D eigenvalue weighted by molar-refractivity contribution is 6.10. The molecule has 0 aromatic rings. The van der Waals surface area contributed by atoms with Gasteiger partial charge in [-0.1, -0.05) is 85.1 Å². The molecule has 0 saturated carbocycles. The third kappa shape index (κ3) is 8.06. The Morgan fingerprint density at radius 2 is 1.77 bits per heavy atom. The second-order valence-electron chi connectivity index (χ2n) is 8.82. The van der Waals surface area contributed by atoms with Crippen LogP contribution >= 0.6 is 0 Å². The molecule has 0 aromatic heterocycles. The molecule has 1 aliphatic rings. The summed E-state index contributed by atoms with van der Waals surface area (Å²) in [6.45, 7) is 16.0. The third-order valence-electron chi connectivity index (χ3n) is 6.29. The summed E-state index contributed by atoms with van der Waals surface area (Å²) in [6.07, 6.45) is 17.6. The monoisotopic (exact) mass is 357 g/mol. The summed E-state index contributed by atoms with van der Waals surface area (Å²) in [7, 11) is 0. The summed E-state index contributed by atoms with van der Waals surface area (Å²) in [5, 5.41) is 8.66. The van der Waals surface area contributed by atoms with E-state index in [9.17, 15) is 0 Å². The molecule has 26 heavy (non-hydrogen) atoms. The van der Waals surface area contributed by atoms with Gasteiger partial charge in [-0.15, -0.1) is 0 Å². The summed E-state index contributed by atoms with van der Waals surface area (Å²) < 4.78 is 0. The molecule has 1 rings (SSSR count). The predicted octanol–water partition coefficient (Wildman–Crippen LogP) is 8.13. The molecule has 1 nitrogen and oxygen atoms in total. The molecule has 3 atom stereocenters. The average molecular weight is 358 g/mol. The van der Waals surface area contributed by atoms with Crippen molar-refractivity contribution >= 4 is 5.71 Å². The summed E-state index contributed by atoms with van der Waals surface area (Å²) in [4.78, 5) is 0. The molecular formula is C25H43N. The first-order valence-corrected chi connectivity index (χ1v) is 11.0. The third-order valence-corrected chi connectivity index (χ3v) is 6.29. The Morgan fingerprint density at radius 3 is 2.42 bits per heavy atom. The largest absolute Gasteiger partial charge is 0.300 e. The minimum Gasteiger partial charge on any atom is -0.300 e. The maximum atomic E-state index is 8.66. The lowest BCUT2D eigenvalue weighted by molar-refractivity contribution is 0.326. The molecule has 0 saturated heterocycles. The fourth-order valence-electron chi connectivity index (χ4n) is 3.81. The topological polar surface area (TPSA) is 23.9 Å². The predicted molar refractivity (Wildman–Crippen MR) is 118 cm³/mol. The van der Waals surface area contributed by atoms with E-state index >= 15 is 0 Å². The van der Waals surface area contributed by atoms with Crippen molar-refractivity contribution < 1.29 is 0 Å². The first-order chi connectivity index (χ1) is 12.4. The lowest BCUT2D eigenvalue weighted by Crippen LogP contribution is -2.18. The number of allylic oxidation sites excluding steroid dienone is 5. The Kier molecular flexibility index (Phi) is 10.9. The summed E-state index contributed by atoms with van der Waals surface area (Å²) in [6, 6.07) is 0. The minimum atomic E-state index is 0.395. The summed E-state index contributed by atoms with van der Waals surface area (Å²) >= 11 is 0. The Labute approximate surface area is 163 Å². The molecule has 3 unspecified atom stereocenters. The van der Waals surface area contributed by atoms with E-state index in [1.807, 2.05) is 0 Å². The average Bonchev–Trinajstić information content (AvgIpc) is 2.59. The van der Waals surface area contributed by atoms with Gasteiger partial charge in [-0.2, -0.15) is 0 Å². The molecule has 0 spiro atoms. The second-order valence-corrected chi connectivity index (χ2v) is 8.82. The lowest BCUT2D eigenvalue weighted by atomic mass is 9.79. The Morgan fingerprint density at radius 1 is 1.08 bits per heavy atom. The highest BCUT2D eigenvalue weighted by atomic mass is 14.4. The van der Waals surface area contributed by atoms with Crippen LogP contribution < -0.4 is 0 Å². The zero-order valence-electron chi connectivity index (χ0n) is 18.1. The van der Waals surface area contributed by atoms with Gasteiger partial charge in [0.15, 0.2) is 0 Å². The van der Waals surface area contributed by atoms with Gasteiger partial charge in [0.05, 0.1) is 5.71 Å². The zero-order chi connectivity index (χ0) is 19.5. The van der Waals surface area contributed by atoms with Crippen LogP contribution in [0.2, 0.25) is 0 Å². The molecule has 0 aliphatic heterocycles. The minimum absolute atomic E-state index is 0.395. The Bertz CT molecular complexity index is 494. The molecule has 0 heterocycles. The number of nitrogens with one attached hydrogen (secondary N) is 1. The van der Waals surface area contributed by atoms with Crippen molar-refractivity contribution in [2.45, 2.75) is 92.4 Å². The fraction of sp³-hybridized carbons (Fsp3) is 0.720. The highest BCUT2D eigenvalue weighted by Gasteiger charge is 2.21. The molecule has 148 valence electrons. The van der Waals surface area contributed by atoms with Crippen LogP contribution in [0.1, 0.15) is 92.4 Å². The Balaban J connectivity index is 2.54. The van der Waals surface area contributed by atoms with Crippen molar-refractivity contribution in [3.05, 3.63) is 36.0 Å². The molecule has 0 aromatic carbocycles. The van der Waals surface area contributed by atoms with Gasteiger partial charge in [-0.05, 0) is 66.9 Å². The normalized spacial score (nSPS) is 18.6. The van der Waals surface area contributed by atoms with Gasteiger partial charge >= 0.3 is 0 Å². The number of hydrogen-bond donors (Lipinski definition) is 1. The van der Waals surface area contributed by atoms with Crippen molar-refractivity contribution in [3.8, 4) is 0 Å².